The topological polar surface area (TPSA) is 95.9 Å². The Morgan fingerprint density at radius 3 is 0.905 bits per heavy atom. The summed E-state index contributed by atoms with van der Waals surface area (Å²) in [6.45, 7) is 4.99. The lowest BCUT2D eigenvalue weighted by Crippen LogP contribution is -2.45. The summed E-state index contributed by atoms with van der Waals surface area (Å²) in [4.78, 5) is 24.6. The van der Waals surface area contributed by atoms with Crippen LogP contribution in [0, 0.1) is 0 Å². The molecule has 0 radical (unpaired) electrons. The molecule has 0 fully saturated rings. The van der Waals surface area contributed by atoms with E-state index in [4.69, 9.17) is 4.74 Å². The van der Waals surface area contributed by atoms with Crippen LogP contribution in [-0.2, 0) is 14.3 Å². The zero-order valence-electron chi connectivity index (χ0n) is 57.2. The molecule has 3 N–H and O–H groups in total. The second-order valence-electron chi connectivity index (χ2n) is 26.7. The zero-order chi connectivity index (χ0) is 60.6. The minimum Gasteiger partial charge on any atom is -0.466 e. The normalized spacial score (nSPS) is 12.6. The van der Waals surface area contributed by atoms with E-state index >= 15 is 0 Å². The summed E-state index contributed by atoms with van der Waals surface area (Å²) in [5.74, 6) is -0.00702. The van der Waals surface area contributed by atoms with Gasteiger partial charge in [-0.25, -0.2) is 0 Å². The molecule has 0 bridgehead atoms. The van der Waals surface area contributed by atoms with Gasteiger partial charge in [-0.1, -0.05) is 391 Å². The van der Waals surface area contributed by atoms with E-state index in [-0.39, 0.29) is 18.5 Å². The van der Waals surface area contributed by atoms with Crippen LogP contribution in [0.3, 0.4) is 0 Å². The van der Waals surface area contributed by atoms with Gasteiger partial charge in [-0.3, -0.25) is 9.59 Å². The van der Waals surface area contributed by atoms with Crippen LogP contribution in [0.15, 0.2) is 24.3 Å². The molecule has 0 aliphatic carbocycles. The summed E-state index contributed by atoms with van der Waals surface area (Å²) in [7, 11) is 0. The number of allylic oxidation sites excluding steroid dienone is 4. The number of carbonyl (C=O) groups is 2. The average Bonchev–Trinajstić information content (AvgIpc) is 3.52. The van der Waals surface area contributed by atoms with Crippen LogP contribution < -0.4 is 5.32 Å². The second kappa shape index (κ2) is 73.8. The molecule has 0 aromatic heterocycles. The Morgan fingerprint density at radius 2 is 0.595 bits per heavy atom. The maximum absolute atomic E-state index is 12.5. The van der Waals surface area contributed by atoms with E-state index in [0.29, 0.717) is 25.9 Å². The van der Waals surface area contributed by atoms with Crippen LogP contribution in [0.2, 0.25) is 0 Å². The first-order chi connectivity index (χ1) is 41.5. The van der Waals surface area contributed by atoms with Crippen molar-refractivity contribution in [3.05, 3.63) is 24.3 Å². The van der Waals surface area contributed by atoms with Gasteiger partial charge in [-0.05, 0) is 57.8 Å². The maximum Gasteiger partial charge on any atom is 0.305 e. The first kappa shape index (κ1) is 82.3. The number of hydrogen-bond donors (Lipinski definition) is 3. The number of aliphatic hydroxyl groups is 2. The number of nitrogens with one attached hydrogen (secondary N) is 1. The Kier molecular flexibility index (Phi) is 72.3. The number of hydrogen-bond acceptors (Lipinski definition) is 5. The van der Waals surface area contributed by atoms with Gasteiger partial charge in [0.1, 0.15) is 0 Å². The minimum absolute atomic E-state index is 0.0207. The molecular weight excluding hydrogens is 1030 g/mol. The summed E-state index contributed by atoms with van der Waals surface area (Å²) in [6.07, 6.45) is 94.1. The number of carbonyl (C=O) groups excluding carboxylic acids is 2. The first-order valence-electron chi connectivity index (χ1n) is 38.6. The first-order valence-corrected chi connectivity index (χ1v) is 38.6. The number of unbranched alkanes of at least 4 members (excludes halogenated alkanes) is 58. The summed E-state index contributed by atoms with van der Waals surface area (Å²) < 4.78 is 5.48. The number of esters is 1. The largest absolute Gasteiger partial charge is 0.466 e. The lowest BCUT2D eigenvalue weighted by atomic mass is 10.0. The van der Waals surface area contributed by atoms with Crippen molar-refractivity contribution in [2.45, 2.75) is 450 Å². The molecule has 0 saturated carbocycles. The molecule has 6 nitrogen and oxygen atoms in total. The van der Waals surface area contributed by atoms with Crippen molar-refractivity contribution in [1.82, 2.24) is 5.32 Å². The highest BCUT2D eigenvalue weighted by molar-refractivity contribution is 5.76. The Hall–Kier alpha value is -1.66. The quantitative estimate of drug-likeness (QED) is 0.0320. The third-order valence-corrected chi connectivity index (χ3v) is 18.3. The van der Waals surface area contributed by atoms with Crippen molar-refractivity contribution < 1.29 is 24.5 Å². The molecule has 0 rings (SSSR count). The summed E-state index contributed by atoms with van der Waals surface area (Å²) in [5.41, 5.74) is 0. The summed E-state index contributed by atoms with van der Waals surface area (Å²) >= 11 is 0. The number of aliphatic hydroxyl groups excluding tert-OH is 2. The van der Waals surface area contributed by atoms with E-state index in [0.717, 1.165) is 44.9 Å². The molecule has 0 saturated heterocycles. The Balaban J connectivity index is 3.35. The SMILES string of the molecule is CCCCCCCCCCCCCCCCCCCC(O)C(CO)NC(=O)CCCCCCCCCCCCCCCCCCC/C=C\C/C=C\CCCCCCCCCCCCCCCCCOC(=O)CCCCCCCCCCCCC. The van der Waals surface area contributed by atoms with Gasteiger partial charge in [0, 0.05) is 12.8 Å². The van der Waals surface area contributed by atoms with Crippen LogP contribution >= 0.6 is 0 Å². The molecular formula is C78H151NO5. The monoisotopic (exact) mass is 1180 g/mol. The molecule has 498 valence electrons. The van der Waals surface area contributed by atoms with Crippen molar-refractivity contribution in [2.75, 3.05) is 13.2 Å². The Bertz CT molecular complexity index is 1320. The van der Waals surface area contributed by atoms with E-state index in [2.05, 4.69) is 43.5 Å². The molecule has 0 aromatic carbocycles. The van der Waals surface area contributed by atoms with Gasteiger partial charge in [0.15, 0.2) is 0 Å². The van der Waals surface area contributed by atoms with Gasteiger partial charge in [-0.2, -0.15) is 0 Å². The van der Waals surface area contributed by atoms with Crippen LogP contribution in [-0.4, -0.2) is 47.4 Å². The predicted octanol–water partition coefficient (Wildman–Crippen LogP) is 25.3. The maximum atomic E-state index is 12.5. The molecule has 1 amide bonds. The third-order valence-electron chi connectivity index (χ3n) is 18.3. The molecule has 0 heterocycles. The second-order valence-corrected chi connectivity index (χ2v) is 26.7. The predicted molar refractivity (Wildman–Crippen MR) is 370 cm³/mol. The fraction of sp³-hybridized carbons (Fsp3) is 0.923. The molecule has 6 heteroatoms. The van der Waals surface area contributed by atoms with Gasteiger partial charge in [0.2, 0.25) is 5.91 Å². The van der Waals surface area contributed by atoms with E-state index in [9.17, 15) is 19.8 Å². The lowest BCUT2D eigenvalue weighted by molar-refractivity contribution is -0.143. The fourth-order valence-electron chi connectivity index (χ4n) is 12.4. The van der Waals surface area contributed by atoms with Gasteiger partial charge in [0.05, 0.1) is 25.4 Å². The molecule has 84 heavy (non-hydrogen) atoms. The molecule has 2 atom stereocenters. The van der Waals surface area contributed by atoms with E-state index < -0.39 is 12.1 Å². The van der Waals surface area contributed by atoms with Gasteiger partial charge >= 0.3 is 5.97 Å². The molecule has 0 aliphatic rings. The Morgan fingerprint density at radius 1 is 0.333 bits per heavy atom. The van der Waals surface area contributed by atoms with E-state index in [1.54, 1.807) is 0 Å². The van der Waals surface area contributed by atoms with Gasteiger partial charge in [-0.15, -0.1) is 0 Å². The lowest BCUT2D eigenvalue weighted by Gasteiger charge is -2.22. The van der Waals surface area contributed by atoms with Crippen molar-refractivity contribution >= 4 is 11.9 Å². The molecule has 0 aromatic rings. The van der Waals surface area contributed by atoms with Crippen LogP contribution in [0.5, 0.6) is 0 Å². The number of ether oxygens (including phenoxy) is 1. The number of amides is 1. The smallest absolute Gasteiger partial charge is 0.305 e. The standard InChI is InChI=1S/C78H151NO5/c1-3-5-7-9-11-13-15-16-17-41-44-47-51-54-58-62-66-70-76(81)75(74-80)79-77(82)71-67-63-59-55-52-48-45-42-39-37-35-33-31-29-27-25-23-21-19-18-20-22-24-26-28-30-32-34-36-38-40-43-46-49-53-57-61-65-69-73-84-78(83)72-68-64-60-56-50-14-12-10-8-6-4-2/h18-19,22,24,75-76,80-81H,3-17,20-21,23,25-74H2,1-2H3,(H,79,82)/b19-18-,24-22-. The van der Waals surface area contributed by atoms with E-state index in [1.165, 1.54) is 360 Å². The number of rotatable bonds is 73. The van der Waals surface area contributed by atoms with Crippen molar-refractivity contribution in [1.29, 1.82) is 0 Å². The minimum atomic E-state index is -0.662. The highest BCUT2D eigenvalue weighted by Crippen LogP contribution is 2.20. The van der Waals surface area contributed by atoms with Crippen molar-refractivity contribution in [3.8, 4) is 0 Å². The van der Waals surface area contributed by atoms with Gasteiger partial charge in [0.25, 0.3) is 0 Å². The Labute approximate surface area is 526 Å². The summed E-state index contributed by atoms with van der Waals surface area (Å²) in [6, 6.07) is -0.539. The van der Waals surface area contributed by atoms with Crippen LogP contribution in [0.25, 0.3) is 0 Å². The summed E-state index contributed by atoms with van der Waals surface area (Å²) in [5, 5.41) is 23.4. The fourth-order valence-corrected chi connectivity index (χ4v) is 12.4. The van der Waals surface area contributed by atoms with E-state index in [1.807, 2.05) is 0 Å². The highest BCUT2D eigenvalue weighted by atomic mass is 16.5. The van der Waals surface area contributed by atoms with Crippen LogP contribution in [0.1, 0.15) is 438 Å². The molecule has 0 aliphatic heterocycles. The third kappa shape index (κ3) is 69.4. The van der Waals surface area contributed by atoms with Crippen molar-refractivity contribution in [2.24, 2.45) is 0 Å². The average molecular weight is 1180 g/mol. The molecule has 2 unspecified atom stereocenters. The highest BCUT2D eigenvalue weighted by Gasteiger charge is 2.20. The molecule has 0 spiro atoms. The van der Waals surface area contributed by atoms with Gasteiger partial charge < -0.3 is 20.3 Å². The van der Waals surface area contributed by atoms with Crippen molar-refractivity contribution in [3.63, 3.8) is 0 Å². The van der Waals surface area contributed by atoms with Crippen LogP contribution in [0.4, 0.5) is 0 Å². The zero-order valence-corrected chi connectivity index (χ0v) is 57.2.